The van der Waals surface area contributed by atoms with Crippen molar-refractivity contribution in [1.29, 1.82) is 0 Å². The van der Waals surface area contributed by atoms with Gasteiger partial charge in [0.25, 0.3) is 0 Å². The zero-order valence-corrected chi connectivity index (χ0v) is 15.1. The number of para-hydroxylation sites is 1. The monoisotopic (exact) mass is 346 g/mol. The molecule has 1 aromatic rings. The van der Waals surface area contributed by atoms with Crippen LogP contribution < -0.4 is 10.6 Å². The Morgan fingerprint density at radius 3 is 2.76 bits per heavy atom. The lowest BCUT2D eigenvalue weighted by Gasteiger charge is -2.28. The Balaban J connectivity index is 1.93. The average molecular weight is 346 g/mol. The molecule has 6 heteroatoms. The first-order valence-electron chi connectivity index (χ1n) is 8.68. The summed E-state index contributed by atoms with van der Waals surface area (Å²) in [6.07, 6.45) is 2.50. The van der Waals surface area contributed by atoms with Crippen LogP contribution in [-0.2, 0) is 25.5 Å². The molecule has 136 valence electrons. The van der Waals surface area contributed by atoms with Crippen molar-refractivity contribution in [3.8, 4) is 0 Å². The van der Waals surface area contributed by atoms with Crippen molar-refractivity contribution in [2.75, 3.05) is 12.4 Å². The minimum absolute atomic E-state index is 0.0595. The molecule has 1 aromatic carbocycles. The highest BCUT2D eigenvalue weighted by atomic mass is 16.5. The molecule has 2 N–H and O–H groups in total. The summed E-state index contributed by atoms with van der Waals surface area (Å²) in [7, 11) is 1.31. The molecule has 1 aliphatic rings. The predicted octanol–water partition coefficient (Wildman–Crippen LogP) is 2.43. The molecular weight excluding hydrogens is 320 g/mol. The van der Waals surface area contributed by atoms with Crippen LogP contribution in [0.5, 0.6) is 0 Å². The fourth-order valence-electron chi connectivity index (χ4n) is 3.26. The molecule has 0 aromatic heterocycles. The topological polar surface area (TPSA) is 84.5 Å². The van der Waals surface area contributed by atoms with Gasteiger partial charge in [-0.2, -0.15) is 0 Å². The van der Waals surface area contributed by atoms with Crippen LogP contribution in [0.15, 0.2) is 24.3 Å². The Morgan fingerprint density at radius 2 is 2.08 bits per heavy atom. The van der Waals surface area contributed by atoms with Crippen molar-refractivity contribution in [3.63, 3.8) is 0 Å². The second-order valence-electron chi connectivity index (χ2n) is 6.71. The summed E-state index contributed by atoms with van der Waals surface area (Å²) in [5.41, 5.74) is 0.898. The minimum Gasteiger partial charge on any atom is -0.467 e. The third-order valence-corrected chi connectivity index (χ3v) is 4.63. The molecule has 0 radical (unpaired) electrons. The number of ether oxygens (including phenoxy) is 1. The largest absolute Gasteiger partial charge is 0.467 e. The number of carbonyl (C=O) groups excluding carboxylic acids is 3. The normalized spacial score (nSPS) is 18.5. The number of amides is 2. The van der Waals surface area contributed by atoms with E-state index in [9.17, 15) is 14.4 Å². The Hall–Kier alpha value is -2.37. The lowest BCUT2D eigenvalue weighted by atomic mass is 9.89. The zero-order valence-electron chi connectivity index (χ0n) is 15.1. The van der Waals surface area contributed by atoms with E-state index in [2.05, 4.69) is 10.6 Å². The summed E-state index contributed by atoms with van der Waals surface area (Å²) in [6.45, 7) is 3.61. The molecule has 0 saturated carbocycles. The van der Waals surface area contributed by atoms with Gasteiger partial charge in [0, 0.05) is 18.0 Å². The van der Waals surface area contributed by atoms with Crippen molar-refractivity contribution in [3.05, 3.63) is 29.8 Å². The van der Waals surface area contributed by atoms with E-state index in [-0.39, 0.29) is 24.2 Å². The first kappa shape index (κ1) is 19.0. The van der Waals surface area contributed by atoms with E-state index in [0.29, 0.717) is 19.3 Å². The van der Waals surface area contributed by atoms with Crippen molar-refractivity contribution >= 4 is 23.5 Å². The predicted molar refractivity (Wildman–Crippen MR) is 95.0 cm³/mol. The van der Waals surface area contributed by atoms with E-state index < -0.39 is 11.5 Å². The maximum absolute atomic E-state index is 12.3. The molecule has 2 atom stereocenters. The molecule has 0 aliphatic carbocycles. The maximum atomic E-state index is 12.3. The highest BCUT2D eigenvalue weighted by Crippen LogP contribution is 2.27. The fraction of sp³-hybridized carbons (Fsp3) is 0.526. The SMILES string of the molecule is CCCC(C)(NC(=O)CCC1Cc2ccccc2NC1=O)C(=O)OC. The summed E-state index contributed by atoms with van der Waals surface area (Å²) < 4.78 is 4.80. The van der Waals surface area contributed by atoms with E-state index in [4.69, 9.17) is 4.74 Å². The molecule has 25 heavy (non-hydrogen) atoms. The molecule has 0 bridgehead atoms. The molecule has 6 nitrogen and oxygen atoms in total. The van der Waals surface area contributed by atoms with E-state index in [1.54, 1.807) is 6.92 Å². The molecular formula is C19H26N2O4. The van der Waals surface area contributed by atoms with E-state index in [1.165, 1.54) is 7.11 Å². The number of benzene rings is 1. The van der Waals surface area contributed by atoms with E-state index in [0.717, 1.165) is 17.7 Å². The Kier molecular flexibility index (Phi) is 6.17. The summed E-state index contributed by atoms with van der Waals surface area (Å²) in [4.78, 5) is 36.4. The van der Waals surface area contributed by atoms with Crippen LogP contribution in [-0.4, -0.2) is 30.4 Å². The minimum atomic E-state index is -1.03. The van der Waals surface area contributed by atoms with Crippen LogP contribution in [0.4, 0.5) is 5.69 Å². The second-order valence-corrected chi connectivity index (χ2v) is 6.71. The van der Waals surface area contributed by atoms with Crippen molar-refractivity contribution < 1.29 is 19.1 Å². The van der Waals surface area contributed by atoms with Gasteiger partial charge >= 0.3 is 5.97 Å². The second kappa shape index (κ2) is 8.14. The molecule has 1 heterocycles. The van der Waals surface area contributed by atoms with Gasteiger partial charge in [0.15, 0.2) is 0 Å². The summed E-state index contributed by atoms with van der Waals surface area (Å²) >= 11 is 0. The summed E-state index contributed by atoms with van der Waals surface area (Å²) in [6, 6.07) is 7.68. The van der Waals surface area contributed by atoms with E-state index >= 15 is 0 Å². The van der Waals surface area contributed by atoms with Gasteiger partial charge in [-0.3, -0.25) is 9.59 Å². The van der Waals surface area contributed by atoms with Crippen molar-refractivity contribution in [1.82, 2.24) is 5.32 Å². The smallest absolute Gasteiger partial charge is 0.331 e. The number of rotatable bonds is 7. The van der Waals surface area contributed by atoms with Crippen LogP contribution in [0.25, 0.3) is 0 Å². The maximum Gasteiger partial charge on any atom is 0.331 e. The Labute approximate surface area is 148 Å². The first-order valence-corrected chi connectivity index (χ1v) is 8.68. The fourth-order valence-corrected chi connectivity index (χ4v) is 3.26. The first-order chi connectivity index (χ1) is 11.9. The number of esters is 1. The highest BCUT2D eigenvalue weighted by molar-refractivity contribution is 5.96. The van der Waals surface area contributed by atoms with Crippen LogP contribution in [0.3, 0.4) is 0 Å². The van der Waals surface area contributed by atoms with Gasteiger partial charge in [0.1, 0.15) is 5.54 Å². The van der Waals surface area contributed by atoms with Gasteiger partial charge in [-0.05, 0) is 37.8 Å². The molecule has 2 unspecified atom stereocenters. The number of anilines is 1. The highest BCUT2D eigenvalue weighted by Gasteiger charge is 2.35. The van der Waals surface area contributed by atoms with Crippen LogP contribution >= 0.6 is 0 Å². The van der Waals surface area contributed by atoms with E-state index in [1.807, 2.05) is 31.2 Å². The Morgan fingerprint density at radius 1 is 1.36 bits per heavy atom. The summed E-state index contributed by atoms with van der Waals surface area (Å²) in [5, 5.41) is 5.66. The van der Waals surface area contributed by atoms with Crippen LogP contribution in [0, 0.1) is 5.92 Å². The van der Waals surface area contributed by atoms with Crippen molar-refractivity contribution in [2.45, 2.75) is 51.5 Å². The van der Waals surface area contributed by atoms with Crippen molar-refractivity contribution in [2.24, 2.45) is 5.92 Å². The Bertz CT molecular complexity index is 659. The summed E-state index contributed by atoms with van der Waals surface area (Å²) in [5.74, 6) is -0.993. The molecule has 0 spiro atoms. The van der Waals surface area contributed by atoms with Gasteiger partial charge in [0.05, 0.1) is 7.11 Å². The van der Waals surface area contributed by atoms with Crippen LogP contribution in [0.2, 0.25) is 0 Å². The van der Waals surface area contributed by atoms with Gasteiger partial charge < -0.3 is 15.4 Å². The van der Waals surface area contributed by atoms with Gasteiger partial charge in [-0.1, -0.05) is 31.5 Å². The third-order valence-electron chi connectivity index (χ3n) is 4.63. The molecule has 1 aliphatic heterocycles. The van der Waals surface area contributed by atoms with Gasteiger partial charge in [0.2, 0.25) is 11.8 Å². The standard InChI is InChI=1S/C19H26N2O4/c1-4-11-19(2,18(24)25-3)21-16(22)10-9-14-12-13-7-5-6-8-15(13)20-17(14)23/h5-8,14H,4,9-12H2,1-3H3,(H,20,23)(H,21,22). The molecule has 2 amide bonds. The average Bonchev–Trinajstić information content (AvgIpc) is 2.59. The zero-order chi connectivity index (χ0) is 18.4. The molecule has 0 fully saturated rings. The van der Waals surface area contributed by atoms with Gasteiger partial charge in [-0.25, -0.2) is 4.79 Å². The van der Waals surface area contributed by atoms with Gasteiger partial charge in [-0.15, -0.1) is 0 Å². The number of carbonyl (C=O) groups is 3. The quantitative estimate of drug-likeness (QED) is 0.743. The molecule has 0 saturated heterocycles. The lowest BCUT2D eigenvalue weighted by Crippen LogP contribution is -2.52. The number of fused-ring (bicyclic) bond motifs is 1. The third kappa shape index (κ3) is 4.59. The number of methoxy groups -OCH3 is 1. The van der Waals surface area contributed by atoms with Crippen LogP contribution in [0.1, 0.15) is 45.1 Å². The lowest BCUT2D eigenvalue weighted by molar-refractivity contribution is -0.150. The number of hydrogen-bond acceptors (Lipinski definition) is 4. The number of hydrogen-bond donors (Lipinski definition) is 2. The number of nitrogens with one attached hydrogen (secondary N) is 2. The molecule has 2 rings (SSSR count).